The monoisotopic (exact) mass is 344 g/mol. The summed E-state index contributed by atoms with van der Waals surface area (Å²) in [6.45, 7) is 0. The van der Waals surface area contributed by atoms with Crippen LogP contribution in [0.25, 0.3) is 0 Å². The quantitative estimate of drug-likeness (QED) is 0.708. The first-order chi connectivity index (χ1) is 12.0. The van der Waals surface area contributed by atoms with Crippen molar-refractivity contribution in [2.75, 3.05) is 0 Å². The highest BCUT2D eigenvalue weighted by Gasteiger charge is 2.41. The number of benzene rings is 1. The van der Waals surface area contributed by atoms with E-state index >= 15 is 0 Å². The Kier molecular flexibility index (Phi) is 5.61. The van der Waals surface area contributed by atoms with E-state index in [4.69, 9.17) is 5.11 Å². The number of nitrogens with one attached hydrogen (secondary N) is 2. The van der Waals surface area contributed by atoms with Crippen molar-refractivity contribution >= 4 is 12.0 Å². The number of carboxylic acids is 1. The van der Waals surface area contributed by atoms with Gasteiger partial charge >= 0.3 is 12.0 Å². The van der Waals surface area contributed by atoms with Gasteiger partial charge in [-0.25, -0.2) is 4.79 Å². The van der Waals surface area contributed by atoms with Crippen LogP contribution in [0.4, 0.5) is 4.79 Å². The van der Waals surface area contributed by atoms with Crippen molar-refractivity contribution in [3.05, 3.63) is 35.9 Å². The zero-order valence-electron chi connectivity index (χ0n) is 14.7. The van der Waals surface area contributed by atoms with Gasteiger partial charge in [-0.05, 0) is 62.8 Å². The van der Waals surface area contributed by atoms with E-state index in [0.29, 0.717) is 12.8 Å². The van der Waals surface area contributed by atoms with Crippen molar-refractivity contribution in [2.24, 2.45) is 5.92 Å². The summed E-state index contributed by atoms with van der Waals surface area (Å²) in [4.78, 5) is 23.5. The molecule has 5 heteroatoms. The highest BCUT2D eigenvalue weighted by molar-refractivity contribution is 5.75. The van der Waals surface area contributed by atoms with Crippen LogP contribution >= 0.6 is 0 Å². The van der Waals surface area contributed by atoms with E-state index in [1.165, 1.54) is 19.3 Å². The van der Waals surface area contributed by atoms with E-state index < -0.39 is 5.97 Å². The van der Waals surface area contributed by atoms with Gasteiger partial charge in [0, 0.05) is 18.0 Å². The second-order valence-corrected chi connectivity index (χ2v) is 7.68. The SMILES string of the molecule is O=C(O)CCC(Cc1ccccc1)NC(=O)NC12CCC(CC1)CC2. The predicted molar refractivity (Wildman–Crippen MR) is 96.4 cm³/mol. The van der Waals surface area contributed by atoms with Crippen molar-refractivity contribution in [2.45, 2.75) is 69.4 Å². The molecule has 5 nitrogen and oxygen atoms in total. The number of amides is 2. The van der Waals surface area contributed by atoms with Gasteiger partial charge in [0.05, 0.1) is 0 Å². The van der Waals surface area contributed by atoms with Crippen LogP contribution in [0, 0.1) is 5.92 Å². The van der Waals surface area contributed by atoms with Gasteiger partial charge in [-0.3, -0.25) is 4.79 Å². The van der Waals surface area contributed by atoms with Gasteiger partial charge in [-0.1, -0.05) is 30.3 Å². The molecule has 3 aliphatic rings. The van der Waals surface area contributed by atoms with Crippen molar-refractivity contribution in [3.8, 4) is 0 Å². The smallest absolute Gasteiger partial charge is 0.315 e. The van der Waals surface area contributed by atoms with Gasteiger partial charge < -0.3 is 15.7 Å². The summed E-state index contributed by atoms with van der Waals surface area (Å²) in [6, 6.07) is 9.57. The van der Waals surface area contributed by atoms with Gasteiger partial charge in [0.15, 0.2) is 0 Å². The van der Waals surface area contributed by atoms with Crippen LogP contribution in [0.5, 0.6) is 0 Å². The summed E-state index contributed by atoms with van der Waals surface area (Å²) >= 11 is 0. The van der Waals surface area contributed by atoms with Crippen molar-refractivity contribution in [1.29, 1.82) is 0 Å². The predicted octanol–water partition coefficient (Wildman–Crippen LogP) is 3.48. The fourth-order valence-corrected chi connectivity index (χ4v) is 4.32. The minimum Gasteiger partial charge on any atom is -0.481 e. The minimum absolute atomic E-state index is 0.0388. The van der Waals surface area contributed by atoms with Crippen molar-refractivity contribution < 1.29 is 14.7 Å². The van der Waals surface area contributed by atoms with Crippen LogP contribution in [0.1, 0.15) is 56.9 Å². The minimum atomic E-state index is -0.829. The Morgan fingerprint density at radius 2 is 1.76 bits per heavy atom. The number of fused-ring (bicyclic) bond motifs is 3. The average molecular weight is 344 g/mol. The standard InChI is InChI=1S/C20H28N2O3/c23-18(24)7-6-17(14-16-4-2-1-3-5-16)21-19(25)22-20-11-8-15(9-12-20)10-13-20/h1-5,15,17H,6-14H2,(H,23,24)(H2,21,22,25). The lowest BCUT2D eigenvalue weighted by molar-refractivity contribution is -0.137. The molecule has 136 valence electrons. The van der Waals surface area contributed by atoms with Crippen LogP contribution in [0.15, 0.2) is 30.3 Å². The number of carboxylic acid groups (broad SMARTS) is 1. The Balaban J connectivity index is 1.58. The average Bonchev–Trinajstić information content (AvgIpc) is 2.61. The zero-order valence-corrected chi connectivity index (χ0v) is 14.7. The molecule has 25 heavy (non-hydrogen) atoms. The molecule has 0 radical (unpaired) electrons. The molecule has 3 N–H and O–H groups in total. The molecule has 1 unspecified atom stereocenters. The summed E-state index contributed by atoms with van der Waals surface area (Å²) in [6.07, 6.45) is 8.01. The number of carbonyl (C=O) groups is 2. The first-order valence-corrected chi connectivity index (χ1v) is 9.39. The molecule has 1 aromatic carbocycles. The number of aliphatic carboxylic acids is 1. The molecule has 1 aromatic rings. The van der Waals surface area contributed by atoms with Gasteiger partial charge in [-0.15, -0.1) is 0 Å². The van der Waals surface area contributed by atoms with E-state index in [9.17, 15) is 9.59 Å². The molecule has 1 atom stereocenters. The van der Waals surface area contributed by atoms with E-state index in [1.807, 2.05) is 30.3 Å². The molecular formula is C20H28N2O3. The van der Waals surface area contributed by atoms with Gasteiger partial charge in [-0.2, -0.15) is 0 Å². The van der Waals surface area contributed by atoms with E-state index in [-0.39, 0.29) is 24.0 Å². The van der Waals surface area contributed by atoms with Crippen LogP contribution in [0.3, 0.4) is 0 Å². The van der Waals surface area contributed by atoms with Crippen molar-refractivity contribution in [3.63, 3.8) is 0 Å². The molecule has 0 aromatic heterocycles. The highest BCUT2D eigenvalue weighted by Crippen LogP contribution is 2.43. The summed E-state index contributed by atoms with van der Waals surface area (Å²) in [7, 11) is 0. The molecule has 3 fully saturated rings. The summed E-state index contributed by atoms with van der Waals surface area (Å²) < 4.78 is 0. The molecular weight excluding hydrogens is 316 g/mol. The molecule has 4 rings (SSSR count). The van der Waals surface area contributed by atoms with E-state index in [2.05, 4.69) is 10.6 Å². The fourth-order valence-electron chi connectivity index (χ4n) is 4.32. The molecule has 0 aliphatic heterocycles. The second-order valence-electron chi connectivity index (χ2n) is 7.68. The molecule has 2 amide bonds. The normalized spacial score (nSPS) is 26.0. The summed E-state index contributed by atoms with van der Waals surface area (Å²) in [5.74, 6) is 0.0256. The molecule has 3 saturated carbocycles. The largest absolute Gasteiger partial charge is 0.481 e. The zero-order chi connectivity index (χ0) is 17.7. The maximum Gasteiger partial charge on any atom is 0.315 e. The third kappa shape index (κ3) is 4.97. The first-order valence-electron chi connectivity index (χ1n) is 9.39. The maximum absolute atomic E-state index is 12.6. The van der Waals surface area contributed by atoms with Crippen molar-refractivity contribution in [1.82, 2.24) is 10.6 Å². The van der Waals surface area contributed by atoms with Gasteiger partial charge in [0.1, 0.15) is 0 Å². The maximum atomic E-state index is 12.6. The number of urea groups is 1. The molecule has 3 aliphatic carbocycles. The Labute approximate surface area is 149 Å². The van der Waals surface area contributed by atoms with E-state index in [0.717, 1.165) is 30.7 Å². The topological polar surface area (TPSA) is 78.4 Å². The van der Waals surface area contributed by atoms with E-state index in [1.54, 1.807) is 0 Å². The molecule has 0 spiro atoms. The first kappa shape index (κ1) is 17.8. The summed E-state index contributed by atoms with van der Waals surface area (Å²) in [5, 5.41) is 15.2. The number of hydrogen-bond acceptors (Lipinski definition) is 2. The number of carbonyl (C=O) groups excluding carboxylic acids is 1. The lowest BCUT2D eigenvalue weighted by Gasteiger charge is -2.47. The third-order valence-electron chi connectivity index (χ3n) is 5.84. The molecule has 0 saturated heterocycles. The Bertz CT molecular complexity index is 580. The summed E-state index contributed by atoms with van der Waals surface area (Å²) in [5.41, 5.74) is 1.07. The number of hydrogen-bond donors (Lipinski definition) is 3. The third-order valence-corrected chi connectivity index (χ3v) is 5.84. The Hall–Kier alpha value is -2.04. The Morgan fingerprint density at radius 1 is 1.12 bits per heavy atom. The van der Waals surface area contributed by atoms with Gasteiger partial charge in [0.2, 0.25) is 0 Å². The second kappa shape index (κ2) is 7.89. The molecule has 0 heterocycles. The highest BCUT2D eigenvalue weighted by atomic mass is 16.4. The molecule has 2 bridgehead atoms. The van der Waals surface area contributed by atoms with Crippen LogP contribution in [-0.2, 0) is 11.2 Å². The van der Waals surface area contributed by atoms with Gasteiger partial charge in [0.25, 0.3) is 0 Å². The van der Waals surface area contributed by atoms with Crippen LogP contribution < -0.4 is 10.6 Å². The fraction of sp³-hybridized carbons (Fsp3) is 0.600. The Morgan fingerprint density at radius 3 is 2.36 bits per heavy atom. The van der Waals surface area contributed by atoms with Crippen LogP contribution in [0.2, 0.25) is 0 Å². The number of rotatable bonds is 7. The van der Waals surface area contributed by atoms with Crippen LogP contribution in [-0.4, -0.2) is 28.7 Å². The lowest BCUT2D eigenvalue weighted by atomic mass is 9.66. The lowest BCUT2D eigenvalue weighted by Crippen LogP contribution is -2.57.